The Labute approximate surface area is 116 Å². The fraction of sp³-hybridized carbons (Fsp3) is 0.438. The second-order valence-electron chi connectivity index (χ2n) is 4.60. The second-order valence-corrected chi connectivity index (χ2v) is 5.04. The van der Waals surface area contributed by atoms with Gasteiger partial charge in [-0.1, -0.05) is 31.0 Å². The molecular weight excluding hydrogens is 242 g/mol. The summed E-state index contributed by atoms with van der Waals surface area (Å²) in [4.78, 5) is 4.79. The molecule has 1 aromatic carbocycles. The molecule has 18 heavy (non-hydrogen) atoms. The van der Waals surface area contributed by atoms with Crippen LogP contribution in [0, 0.1) is 6.92 Å². The van der Waals surface area contributed by atoms with Crippen molar-refractivity contribution in [3.63, 3.8) is 0 Å². The maximum absolute atomic E-state index is 5.97. The molecule has 0 spiro atoms. The number of hydrogen-bond acceptors (Lipinski definition) is 1. The molecule has 0 aromatic heterocycles. The number of halogens is 1. The summed E-state index contributed by atoms with van der Waals surface area (Å²) in [6, 6.07) is 5.84. The van der Waals surface area contributed by atoms with E-state index in [1.807, 2.05) is 25.1 Å². The van der Waals surface area contributed by atoms with Crippen LogP contribution < -0.4 is 0 Å². The van der Waals surface area contributed by atoms with Gasteiger partial charge >= 0.3 is 0 Å². The maximum atomic E-state index is 5.97. The highest BCUT2D eigenvalue weighted by Crippen LogP contribution is 2.24. The smallest absolute Gasteiger partial charge is 0.0663 e. The zero-order valence-electron chi connectivity index (χ0n) is 12.0. The number of aliphatic imine (C=N–C) groups is 1. The quantitative estimate of drug-likeness (QED) is 0.602. The lowest BCUT2D eigenvalue weighted by atomic mass is 10.0. The SMILES string of the molecule is CCC(=Nc1ccc(Cl)cc1C)/C(C)=C(\C)CC. The molecule has 1 aromatic rings. The lowest BCUT2D eigenvalue weighted by Crippen LogP contribution is -2.00. The largest absolute Gasteiger partial charge is 0.253 e. The zero-order chi connectivity index (χ0) is 13.7. The summed E-state index contributed by atoms with van der Waals surface area (Å²) in [5.41, 5.74) is 6.02. The predicted octanol–water partition coefficient (Wildman–Crippen LogP) is 5.88. The first kappa shape index (κ1) is 15.0. The van der Waals surface area contributed by atoms with Gasteiger partial charge in [0.2, 0.25) is 0 Å². The number of hydrogen-bond donors (Lipinski definition) is 0. The van der Waals surface area contributed by atoms with Crippen LogP contribution in [0.3, 0.4) is 0 Å². The summed E-state index contributed by atoms with van der Waals surface area (Å²) in [7, 11) is 0. The molecular formula is C16H22ClN. The normalized spacial score (nSPS) is 13.6. The highest BCUT2D eigenvalue weighted by molar-refractivity contribution is 6.30. The third kappa shape index (κ3) is 3.71. The average Bonchev–Trinajstić information content (AvgIpc) is 2.36. The van der Waals surface area contributed by atoms with E-state index >= 15 is 0 Å². The van der Waals surface area contributed by atoms with Crippen molar-refractivity contribution in [2.75, 3.05) is 0 Å². The van der Waals surface area contributed by atoms with E-state index in [1.165, 1.54) is 16.9 Å². The third-order valence-electron chi connectivity index (χ3n) is 3.35. The Morgan fingerprint density at radius 2 is 1.83 bits per heavy atom. The first-order valence-electron chi connectivity index (χ1n) is 6.50. The lowest BCUT2D eigenvalue weighted by Gasteiger charge is -2.09. The van der Waals surface area contributed by atoms with Crippen LogP contribution in [0.2, 0.25) is 5.02 Å². The van der Waals surface area contributed by atoms with Gasteiger partial charge in [-0.15, -0.1) is 0 Å². The zero-order valence-corrected chi connectivity index (χ0v) is 12.7. The Balaban J connectivity index is 3.20. The molecule has 1 nitrogen and oxygen atoms in total. The van der Waals surface area contributed by atoms with Crippen molar-refractivity contribution in [1.82, 2.24) is 0 Å². The molecule has 0 N–H and O–H groups in total. The van der Waals surface area contributed by atoms with Crippen molar-refractivity contribution >= 4 is 23.0 Å². The lowest BCUT2D eigenvalue weighted by molar-refractivity contribution is 1.07. The van der Waals surface area contributed by atoms with E-state index in [-0.39, 0.29) is 0 Å². The summed E-state index contributed by atoms with van der Waals surface area (Å²) in [5.74, 6) is 0. The highest BCUT2D eigenvalue weighted by atomic mass is 35.5. The van der Waals surface area contributed by atoms with Crippen molar-refractivity contribution in [2.45, 2.75) is 47.5 Å². The van der Waals surface area contributed by atoms with Crippen molar-refractivity contribution in [2.24, 2.45) is 4.99 Å². The van der Waals surface area contributed by atoms with Crippen LogP contribution >= 0.6 is 11.6 Å². The molecule has 0 saturated carbocycles. The molecule has 2 heteroatoms. The third-order valence-corrected chi connectivity index (χ3v) is 3.59. The van der Waals surface area contributed by atoms with Crippen molar-refractivity contribution in [1.29, 1.82) is 0 Å². The molecule has 0 aliphatic heterocycles. The predicted molar refractivity (Wildman–Crippen MR) is 82.2 cm³/mol. The Hall–Kier alpha value is -1.08. The van der Waals surface area contributed by atoms with Gasteiger partial charge in [-0.2, -0.15) is 0 Å². The maximum Gasteiger partial charge on any atom is 0.0663 e. The van der Waals surface area contributed by atoms with E-state index in [0.717, 1.165) is 29.1 Å². The first-order valence-corrected chi connectivity index (χ1v) is 6.87. The van der Waals surface area contributed by atoms with Gasteiger partial charge in [-0.25, -0.2) is 0 Å². The minimum Gasteiger partial charge on any atom is -0.253 e. The van der Waals surface area contributed by atoms with Crippen LogP contribution in [0.5, 0.6) is 0 Å². The second kappa shape index (κ2) is 6.75. The fourth-order valence-corrected chi connectivity index (χ4v) is 2.06. The summed E-state index contributed by atoms with van der Waals surface area (Å²) >= 11 is 5.97. The Morgan fingerprint density at radius 1 is 1.17 bits per heavy atom. The molecule has 98 valence electrons. The van der Waals surface area contributed by atoms with E-state index in [4.69, 9.17) is 16.6 Å². The molecule has 0 aliphatic rings. The standard InChI is InChI=1S/C16H22ClN/c1-6-11(3)13(5)15(7-2)18-16-9-8-14(17)10-12(16)4/h8-10H,6-7H2,1-5H3/b13-11+,18-15?. The van der Waals surface area contributed by atoms with Crippen LogP contribution in [0.4, 0.5) is 5.69 Å². The first-order chi connectivity index (χ1) is 8.49. The van der Waals surface area contributed by atoms with E-state index in [0.29, 0.717) is 0 Å². The van der Waals surface area contributed by atoms with Gasteiger partial charge in [0.05, 0.1) is 5.69 Å². The summed E-state index contributed by atoms with van der Waals surface area (Å²) in [6.07, 6.45) is 2.02. The van der Waals surface area contributed by atoms with Gasteiger partial charge in [0.1, 0.15) is 0 Å². The molecule has 0 bridgehead atoms. The Kier molecular flexibility index (Phi) is 5.61. The van der Waals surface area contributed by atoms with Crippen LogP contribution in [-0.4, -0.2) is 5.71 Å². The number of rotatable bonds is 4. The molecule has 1 rings (SSSR count). The number of allylic oxidation sites excluding steroid dienone is 2. The van der Waals surface area contributed by atoms with E-state index < -0.39 is 0 Å². The van der Waals surface area contributed by atoms with Gasteiger partial charge in [0, 0.05) is 10.7 Å². The molecule has 0 saturated heterocycles. The van der Waals surface area contributed by atoms with Gasteiger partial charge in [-0.3, -0.25) is 4.99 Å². The molecule has 0 unspecified atom stereocenters. The van der Waals surface area contributed by atoms with E-state index in [1.54, 1.807) is 0 Å². The van der Waals surface area contributed by atoms with Crippen LogP contribution in [0.25, 0.3) is 0 Å². The summed E-state index contributed by atoms with van der Waals surface area (Å²) in [5, 5.41) is 0.765. The minimum absolute atomic E-state index is 0.765. The van der Waals surface area contributed by atoms with Crippen LogP contribution in [0.15, 0.2) is 34.3 Å². The van der Waals surface area contributed by atoms with Gasteiger partial charge in [0.25, 0.3) is 0 Å². The summed E-state index contributed by atoms with van der Waals surface area (Å²) < 4.78 is 0. The van der Waals surface area contributed by atoms with Crippen LogP contribution in [-0.2, 0) is 0 Å². The van der Waals surface area contributed by atoms with Crippen molar-refractivity contribution < 1.29 is 0 Å². The monoisotopic (exact) mass is 263 g/mol. The number of aryl methyl sites for hydroxylation is 1. The molecule has 0 atom stereocenters. The van der Waals surface area contributed by atoms with Gasteiger partial charge < -0.3 is 0 Å². The molecule has 0 heterocycles. The van der Waals surface area contributed by atoms with Gasteiger partial charge in [-0.05, 0) is 62.9 Å². The number of nitrogens with zero attached hydrogens (tertiary/aromatic N) is 1. The Morgan fingerprint density at radius 3 is 2.33 bits per heavy atom. The highest BCUT2D eigenvalue weighted by Gasteiger charge is 2.05. The minimum atomic E-state index is 0.765. The van der Waals surface area contributed by atoms with E-state index in [9.17, 15) is 0 Å². The Bertz CT molecular complexity index is 484. The topological polar surface area (TPSA) is 12.4 Å². The van der Waals surface area contributed by atoms with Gasteiger partial charge in [0.15, 0.2) is 0 Å². The number of benzene rings is 1. The van der Waals surface area contributed by atoms with Crippen molar-refractivity contribution in [3.8, 4) is 0 Å². The fourth-order valence-electron chi connectivity index (χ4n) is 1.83. The molecule has 0 aliphatic carbocycles. The van der Waals surface area contributed by atoms with E-state index in [2.05, 4.69) is 27.7 Å². The van der Waals surface area contributed by atoms with Crippen LogP contribution in [0.1, 0.15) is 46.1 Å². The molecule has 0 amide bonds. The summed E-state index contributed by atoms with van der Waals surface area (Å²) in [6.45, 7) is 10.7. The van der Waals surface area contributed by atoms with Crippen molar-refractivity contribution in [3.05, 3.63) is 39.9 Å². The molecule has 0 fully saturated rings. The average molecular weight is 264 g/mol. The molecule has 0 radical (unpaired) electrons.